The zero-order valence-corrected chi connectivity index (χ0v) is 16.5. The van der Waals surface area contributed by atoms with E-state index in [1.807, 2.05) is 47.5 Å². The van der Waals surface area contributed by atoms with Crippen LogP contribution < -0.4 is 0 Å². The molecule has 2 atom stereocenters. The molecular weight excluding hydrogens is 372 g/mol. The molecule has 0 amide bonds. The number of rotatable bonds is 4. The molecule has 0 spiro atoms. The van der Waals surface area contributed by atoms with Gasteiger partial charge in [0.05, 0.1) is 16.3 Å². The fourth-order valence-electron chi connectivity index (χ4n) is 4.49. The Bertz CT molecular complexity index is 1120. The van der Waals surface area contributed by atoms with Gasteiger partial charge in [-0.2, -0.15) is 5.10 Å². The van der Waals surface area contributed by atoms with Gasteiger partial charge in [-0.3, -0.25) is 14.6 Å². The van der Waals surface area contributed by atoms with Gasteiger partial charge in [0.25, 0.3) is 0 Å². The molecule has 144 valence electrons. The number of aromatic nitrogens is 3. The van der Waals surface area contributed by atoms with E-state index in [0.717, 1.165) is 41.9 Å². The van der Waals surface area contributed by atoms with Gasteiger partial charge in [-0.05, 0) is 41.8 Å². The molecule has 4 heterocycles. The van der Waals surface area contributed by atoms with Crippen molar-refractivity contribution in [2.24, 2.45) is 0 Å². The lowest BCUT2D eigenvalue weighted by Gasteiger charge is -2.16. The Morgan fingerprint density at radius 3 is 2.79 bits per heavy atom. The van der Waals surface area contributed by atoms with E-state index in [2.05, 4.69) is 21.9 Å². The third kappa shape index (κ3) is 2.77. The van der Waals surface area contributed by atoms with Crippen LogP contribution in [0.2, 0.25) is 0 Å². The molecule has 2 aliphatic rings. The summed E-state index contributed by atoms with van der Waals surface area (Å²) in [5.41, 5.74) is 4.11. The van der Waals surface area contributed by atoms with E-state index < -0.39 is 9.84 Å². The summed E-state index contributed by atoms with van der Waals surface area (Å²) >= 11 is 0. The zero-order chi connectivity index (χ0) is 19.3. The fraction of sp³-hybridized carbons (Fsp3) is 0.333. The van der Waals surface area contributed by atoms with Crippen LogP contribution in [0.25, 0.3) is 11.1 Å². The van der Waals surface area contributed by atoms with Crippen molar-refractivity contribution in [3.05, 3.63) is 66.2 Å². The predicted molar refractivity (Wildman–Crippen MR) is 107 cm³/mol. The summed E-state index contributed by atoms with van der Waals surface area (Å²) in [6, 6.07) is 9.62. The molecule has 2 aromatic heterocycles. The smallest absolute Gasteiger partial charge is 0.183 e. The van der Waals surface area contributed by atoms with Crippen molar-refractivity contribution in [2.75, 3.05) is 13.1 Å². The van der Waals surface area contributed by atoms with E-state index in [4.69, 9.17) is 0 Å². The number of hydrogen-bond acceptors (Lipinski definition) is 5. The van der Waals surface area contributed by atoms with Gasteiger partial charge in [0.1, 0.15) is 0 Å². The van der Waals surface area contributed by atoms with E-state index in [1.54, 1.807) is 12.3 Å². The number of hydrogen-bond donors (Lipinski definition) is 0. The first-order chi connectivity index (χ1) is 13.6. The van der Waals surface area contributed by atoms with Crippen LogP contribution in [0.5, 0.6) is 0 Å². The van der Waals surface area contributed by atoms with Crippen molar-refractivity contribution >= 4 is 9.84 Å². The molecule has 0 N–H and O–H groups in total. The topological polar surface area (TPSA) is 68.1 Å². The maximum absolute atomic E-state index is 13.1. The summed E-state index contributed by atoms with van der Waals surface area (Å²) in [6.07, 6.45) is 7.47. The minimum absolute atomic E-state index is 0.0258. The van der Waals surface area contributed by atoms with Crippen molar-refractivity contribution in [2.45, 2.75) is 36.1 Å². The summed E-state index contributed by atoms with van der Waals surface area (Å²) in [5, 5.41) is 3.97. The fourth-order valence-corrected chi connectivity index (χ4v) is 6.68. The van der Waals surface area contributed by atoms with Crippen molar-refractivity contribution in [3.63, 3.8) is 0 Å². The molecule has 1 aromatic carbocycles. The van der Waals surface area contributed by atoms with Gasteiger partial charge in [0.15, 0.2) is 9.84 Å². The average molecular weight is 395 g/mol. The van der Waals surface area contributed by atoms with Gasteiger partial charge in [0, 0.05) is 56.3 Å². The Labute approximate surface area is 164 Å². The maximum atomic E-state index is 13.1. The van der Waals surface area contributed by atoms with E-state index in [-0.39, 0.29) is 11.2 Å². The van der Waals surface area contributed by atoms with Crippen LogP contribution >= 0.6 is 0 Å². The quantitative estimate of drug-likeness (QED) is 0.681. The van der Waals surface area contributed by atoms with Crippen LogP contribution in [-0.4, -0.2) is 46.4 Å². The van der Waals surface area contributed by atoms with Crippen molar-refractivity contribution in [3.8, 4) is 11.1 Å². The third-order valence-electron chi connectivity index (χ3n) is 5.87. The van der Waals surface area contributed by atoms with Crippen LogP contribution in [0.3, 0.4) is 0 Å². The summed E-state index contributed by atoms with van der Waals surface area (Å²) in [5.74, 6) is 0.0258. The number of nitrogens with zero attached hydrogens (tertiary/aromatic N) is 4. The first-order valence-corrected chi connectivity index (χ1v) is 11.1. The summed E-state index contributed by atoms with van der Waals surface area (Å²) in [6.45, 7) is 4.95. The Kier molecular flexibility index (Phi) is 4.10. The molecule has 0 radical (unpaired) electrons. The van der Waals surface area contributed by atoms with Gasteiger partial charge in [-0.1, -0.05) is 12.1 Å². The number of aryl methyl sites for hydroxylation is 1. The Hall–Kier alpha value is -2.51. The van der Waals surface area contributed by atoms with Crippen molar-refractivity contribution in [1.29, 1.82) is 0 Å². The summed E-state index contributed by atoms with van der Waals surface area (Å²) < 4.78 is 28.1. The average Bonchev–Trinajstić information content (AvgIpc) is 3.39. The molecule has 7 heteroatoms. The molecule has 5 rings (SSSR count). The van der Waals surface area contributed by atoms with Gasteiger partial charge in [0.2, 0.25) is 0 Å². The van der Waals surface area contributed by atoms with E-state index >= 15 is 0 Å². The molecule has 0 unspecified atom stereocenters. The lowest BCUT2D eigenvalue weighted by atomic mass is 9.95. The van der Waals surface area contributed by atoms with Crippen LogP contribution in [0.1, 0.15) is 24.0 Å². The monoisotopic (exact) mass is 394 g/mol. The first-order valence-electron chi connectivity index (χ1n) is 9.58. The Morgan fingerprint density at radius 2 is 2.04 bits per heavy atom. The Morgan fingerprint density at radius 1 is 1.14 bits per heavy atom. The summed E-state index contributed by atoms with van der Waals surface area (Å²) in [7, 11) is -3.28. The van der Waals surface area contributed by atoms with Crippen LogP contribution in [0, 0.1) is 0 Å². The highest BCUT2D eigenvalue weighted by Crippen LogP contribution is 2.46. The second kappa shape index (κ2) is 6.53. The second-order valence-corrected chi connectivity index (χ2v) is 9.72. The van der Waals surface area contributed by atoms with Gasteiger partial charge in [-0.15, -0.1) is 0 Å². The Balaban J connectivity index is 1.45. The number of likely N-dealkylation sites (tertiary alicyclic amines) is 1. The van der Waals surface area contributed by atoms with Gasteiger partial charge >= 0.3 is 0 Å². The minimum Gasteiger partial charge on any atom is -0.297 e. The predicted octanol–water partition coefficient (Wildman–Crippen LogP) is 2.72. The molecule has 0 saturated carbocycles. The number of benzene rings is 1. The SMILES string of the molecule is CCn1cc(CN2C[C@@H]3c4cc(-c5cccnc5)ccc4S(=O)(=O)[C@H]3C2)cn1. The highest BCUT2D eigenvalue weighted by molar-refractivity contribution is 7.92. The molecule has 0 aliphatic carbocycles. The highest BCUT2D eigenvalue weighted by atomic mass is 32.2. The number of pyridine rings is 1. The second-order valence-electron chi connectivity index (χ2n) is 7.58. The minimum atomic E-state index is -3.28. The molecule has 1 saturated heterocycles. The number of fused-ring (bicyclic) bond motifs is 3. The molecule has 3 aromatic rings. The van der Waals surface area contributed by atoms with Crippen LogP contribution in [0.4, 0.5) is 0 Å². The molecule has 2 aliphatic heterocycles. The zero-order valence-electron chi connectivity index (χ0n) is 15.7. The molecular formula is C21H22N4O2S. The molecule has 0 bridgehead atoms. The standard InChI is InChI=1S/C21H22N4O2S/c1-2-25-12-15(9-23-25)11-24-13-19-18-8-16(17-4-3-7-22-10-17)5-6-20(18)28(26,27)21(19)14-24/h3-10,12,19,21H,2,11,13-14H2,1H3/t19-,21+/m1/s1. The lowest BCUT2D eigenvalue weighted by Crippen LogP contribution is -2.25. The maximum Gasteiger partial charge on any atom is 0.183 e. The molecule has 28 heavy (non-hydrogen) atoms. The summed E-state index contributed by atoms with van der Waals surface area (Å²) in [4.78, 5) is 6.93. The normalized spacial score (nSPS) is 22.9. The first kappa shape index (κ1) is 17.6. The third-order valence-corrected chi connectivity index (χ3v) is 8.13. The molecule has 6 nitrogen and oxygen atoms in total. The highest BCUT2D eigenvalue weighted by Gasteiger charge is 2.50. The van der Waals surface area contributed by atoms with E-state index in [0.29, 0.717) is 11.4 Å². The van der Waals surface area contributed by atoms with E-state index in [9.17, 15) is 8.42 Å². The lowest BCUT2D eigenvalue weighted by molar-refractivity contribution is 0.325. The molecule has 1 fully saturated rings. The van der Waals surface area contributed by atoms with Crippen molar-refractivity contribution < 1.29 is 8.42 Å². The van der Waals surface area contributed by atoms with Gasteiger partial charge < -0.3 is 0 Å². The largest absolute Gasteiger partial charge is 0.297 e. The van der Waals surface area contributed by atoms with Crippen LogP contribution in [0.15, 0.2) is 60.0 Å². The van der Waals surface area contributed by atoms with Crippen LogP contribution in [-0.2, 0) is 22.9 Å². The van der Waals surface area contributed by atoms with E-state index in [1.165, 1.54) is 0 Å². The number of sulfone groups is 1. The van der Waals surface area contributed by atoms with Crippen molar-refractivity contribution in [1.82, 2.24) is 19.7 Å². The van der Waals surface area contributed by atoms with Gasteiger partial charge in [-0.25, -0.2) is 8.42 Å².